The van der Waals surface area contributed by atoms with Gasteiger partial charge >= 0.3 is 0 Å². The molecule has 4 rings (SSSR count). The summed E-state index contributed by atoms with van der Waals surface area (Å²) in [5.74, 6) is 0.630. The Balaban J connectivity index is 2.00. The number of benzene rings is 1. The van der Waals surface area contributed by atoms with Crippen LogP contribution in [-0.2, 0) is 4.74 Å². The summed E-state index contributed by atoms with van der Waals surface area (Å²) in [6.45, 7) is -0.267. The lowest BCUT2D eigenvalue weighted by Crippen LogP contribution is -2.24. The first-order valence-electron chi connectivity index (χ1n) is 7.63. The van der Waals surface area contributed by atoms with E-state index in [1.54, 1.807) is 23.8 Å². The maximum Gasteiger partial charge on any atom is 0.260 e. The number of aromatic nitrogens is 3. The molecule has 2 aromatic heterocycles. The molecule has 1 aliphatic rings. The SMILES string of the molecule is COc1ccc2c(c1)c1c(=O)[nH]cnc1n2[C@H]1C[C@H](O)[C@@H](CO)O1. The van der Waals surface area contributed by atoms with Gasteiger partial charge in [-0.1, -0.05) is 0 Å². The van der Waals surface area contributed by atoms with E-state index in [-0.39, 0.29) is 12.2 Å². The van der Waals surface area contributed by atoms with E-state index >= 15 is 0 Å². The Kier molecular flexibility index (Phi) is 3.52. The van der Waals surface area contributed by atoms with Gasteiger partial charge in [0, 0.05) is 11.8 Å². The van der Waals surface area contributed by atoms with Crippen molar-refractivity contribution in [1.82, 2.24) is 14.5 Å². The maximum atomic E-state index is 12.3. The Morgan fingerprint density at radius 2 is 2.33 bits per heavy atom. The van der Waals surface area contributed by atoms with Gasteiger partial charge in [-0.25, -0.2) is 4.98 Å². The summed E-state index contributed by atoms with van der Waals surface area (Å²) in [6.07, 6.45) is -0.285. The zero-order chi connectivity index (χ0) is 16.8. The molecule has 126 valence electrons. The van der Waals surface area contributed by atoms with Crippen LogP contribution in [0.15, 0.2) is 29.3 Å². The second-order valence-corrected chi connectivity index (χ2v) is 5.80. The van der Waals surface area contributed by atoms with Crippen LogP contribution < -0.4 is 10.3 Å². The standard InChI is InChI=1S/C16H17N3O5/c1-23-8-2-3-10-9(4-8)14-15(17-7-18-16(14)22)19(10)13-5-11(21)12(6-20)24-13/h2-4,7,11-13,20-21H,5-6H2,1H3,(H,17,18,22)/t11-,12+,13+/m0/s1. The highest BCUT2D eigenvalue weighted by Gasteiger charge is 2.36. The lowest BCUT2D eigenvalue weighted by molar-refractivity contribution is -0.0417. The largest absolute Gasteiger partial charge is 0.497 e. The molecule has 0 unspecified atom stereocenters. The number of nitrogens with zero attached hydrogens (tertiary/aromatic N) is 2. The zero-order valence-electron chi connectivity index (χ0n) is 13.0. The second kappa shape index (κ2) is 5.59. The van der Waals surface area contributed by atoms with Crippen molar-refractivity contribution in [2.45, 2.75) is 24.9 Å². The van der Waals surface area contributed by atoms with Gasteiger partial charge in [0.1, 0.15) is 23.7 Å². The van der Waals surface area contributed by atoms with Gasteiger partial charge in [-0.2, -0.15) is 0 Å². The van der Waals surface area contributed by atoms with E-state index in [9.17, 15) is 15.0 Å². The minimum absolute atomic E-state index is 0.255. The van der Waals surface area contributed by atoms with Gasteiger partial charge in [0.25, 0.3) is 5.56 Å². The highest BCUT2D eigenvalue weighted by molar-refractivity contribution is 6.06. The monoisotopic (exact) mass is 331 g/mol. The number of methoxy groups -OCH3 is 1. The van der Waals surface area contributed by atoms with Gasteiger partial charge in [-0.15, -0.1) is 0 Å². The number of H-pyrrole nitrogens is 1. The molecule has 3 N–H and O–H groups in total. The molecule has 0 radical (unpaired) electrons. The third-order valence-corrected chi connectivity index (χ3v) is 4.47. The average molecular weight is 331 g/mol. The van der Waals surface area contributed by atoms with Crippen LogP contribution in [0, 0.1) is 0 Å². The van der Waals surface area contributed by atoms with Gasteiger partial charge in [0.2, 0.25) is 0 Å². The van der Waals surface area contributed by atoms with Crippen molar-refractivity contribution in [3.05, 3.63) is 34.9 Å². The molecule has 3 heterocycles. The van der Waals surface area contributed by atoms with Crippen molar-refractivity contribution >= 4 is 21.9 Å². The summed E-state index contributed by atoms with van der Waals surface area (Å²) in [5, 5.41) is 20.5. The number of nitrogens with one attached hydrogen (secondary N) is 1. The number of aromatic amines is 1. The Bertz CT molecular complexity index is 963. The normalized spacial score (nSPS) is 24.0. The summed E-state index contributed by atoms with van der Waals surface area (Å²) in [7, 11) is 1.56. The Labute approximate surface area is 136 Å². The summed E-state index contributed by atoms with van der Waals surface area (Å²) in [4.78, 5) is 19.2. The molecule has 1 fully saturated rings. The molecule has 1 saturated heterocycles. The number of hydrogen-bond donors (Lipinski definition) is 3. The smallest absolute Gasteiger partial charge is 0.260 e. The van der Waals surface area contributed by atoms with Crippen LogP contribution in [0.3, 0.4) is 0 Å². The predicted molar refractivity (Wildman–Crippen MR) is 86.0 cm³/mol. The van der Waals surface area contributed by atoms with Crippen molar-refractivity contribution in [2.75, 3.05) is 13.7 Å². The third-order valence-electron chi connectivity index (χ3n) is 4.47. The Morgan fingerprint density at radius 3 is 3.04 bits per heavy atom. The van der Waals surface area contributed by atoms with Crippen molar-refractivity contribution in [1.29, 1.82) is 0 Å². The Hall–Kier alpha value is -2.42. The summed E-state index contributed by atoms with van der Waals surface area (Å²) < 4.78 is 12.8. The predicted octanol–water partition coefficient (Wildman–Crippen LogP) is 0.527. The van der Waals surface area contributed by atoms with Crippen molar-refractivity contribution < 1.29 is 19.7 Å². The molecule has 1 aromatic carbocycles. The molecule has 0 aliphatic carbocycles. The minimum Gasteiger partial charge on any atom is -0.497 e. The fourth-order valence-corrected chi connectivity index (χ4v) is 3.31. The van der Waals surface area contributed by atoms with Gasteiger partial charge in [0.05, 0.1) is 37.1 Å². The minimum atomic E-state index is -0.771. The van der Waals surface area contributed by atoms with Gasteiger partial charge in [-0.3, -0.25) is 9.36 Å². The van der Waals surface area contributed by atoms with E-state index < -0.39 is 18.4 Å². The van der Waals surface area contributed by atoms with Gasteiger partial charge < -0.3 is 24.7 Å². The lowest BCUT2D eigenvalue weighted by Gasteiger charge is -2.15. The zero-order valence-corrected chi connectivity index (χ0v) is 13.0. The first-order chi connectivity index (χ1) is 11.6. The van der Waals surface area contributed by atoms with Crippen molar-refractivity contribution in [3.8, 4) is 5.75 Å². The molecule has 24 heavy (non-hydrogen) atoms. The number of rotatable bonds is 3. The van der Waals surface area contributed by atoms with Crippen molar-refractivity contribution in [3.63, 3.8) is 0 Å². The Morgan fingerprint density at radius 1 is 1.50 bits per heavy atom. The van der Waals surface area contributed by atoms with E-state index in [4.69, 9.17) is 9.47 Å². The van der Waals surface area contributed by atoms with E-state index in [1.807, 2.05) is 6.07 Å². The highest BCUT2D eigenvalue weighted by atomic mass is 16.5. The van der Waals surface area contributed by atoms with Crippen LogP contribution in [-0.4, -0.2) is 50.7 Å². The number of aliphatic hydroxyl groups excluding tert-OH is 2. The lowest BCUT2D eigenvalue weighted by atomic mass is 10.2. The number of ether oxygens (including phenoxy) is 2. The first-order valence-corrected chi connectivity index (χ1v) is 7.63. The summed E-state index contributed by atoms with van der Waals surface area (Å²) in [6, 6.07) is 5.40. The molecule has 0 spiro atoms. The molecule has 8 heteroatoms. The third kappa shape index (κ3) is 2.11. The number of hydrogen-bond acceptors (Lipinski definition) is 6. The average Bonchev–Trinajstić information content (AvgIpc) is 3.12. The van der Waals surface area contributed by atoms with Crippen LogP contribution >= 0.6 is 0 Å². The van der Waals surface area contributed by atoms with Gasteiger partial charge in [-0.05, 0) is 18.2 Å². The van der Waals surface area contributed by atoms with Crippen LogP contribution in [0.25, 0.3) is 21.9 Å². The van der Waals surface area contributed by atoms with E-state index in [1.165, 1.54) is 6.33 Å². The number of fused-ring (bicyclic) bond motifs is 3. The molecule has 1 aliphatic heterocycles. The topological polar surface area (TPSA) is 110 Å². The van der Waals surface area contributed by atoms with Crippen molar-refractivity contribution in [2.24, 2.45) is 0 Å². The fourth-order valence-electron chi connectivity index (χ4n) is 3.31. The summed E-state index contributed by atoms with van der Waals surface area (Å²) in [5.41, 5.74) is 0.970. The van der Waals surface area contributed by atoms with E-state index in [0.29, 0.717) is 28.6 Å². The second-order valence-electron chi connectivity index (χ2n) is 5.80. The van der Waals surface area contributed by atoms with Crippen LogP contribution in [0.1, 0.15) is 12.6 Å². The quantitative estimate of drug-likeness (QED) is 0.646. The van der Waals surface area contributed by atoms with E-state index in [2.05, 4.69) is 9.97 Å². The molecule has 0 bridgehead atoms. The molecule has 3 atom stereocenters. The molecule has 0 amide bonds. The van der Waals surface area contributed by atoms with E-state index in [0.717, 1.165) is 5.52 Å². The van der Waals surface area contributed by atoms with Crippen LogP contribution in [0.2, 0.25) is 0 Å². The molecular weight excluding hydrogens is 314 g/mol. The molecular formula is C16H17N3O5. The van der Waals surface area contributed by atoms with Crippen LogP contribution in [0.5, 0.6) is 5.75 Å². The highest BCUT2D eigenvalue weighted by Crippen LogP contribution is 2.36. The van der Waals surface area contributed by atoms with Gasteiger partial charge in [0.15, 0.2) is 0 Å². The number of aliphatic hydroxyl groups is 2. The maximum absolute atomic E-state index is 12.3. The summed E-state index contributed by atoms with van der Waals surface area (Å²) >= 11 is 0. The first kappa shape index (κ1) is 15.1. The fraction of sp³-hybridized carbons (Fsp3) is 0.375. The molecule has 0 saturated carbocycles. The molecule has 8 nitrogen and oxygen atoms in total. The van der Waals surface area contributed by atoms with Crippen LogP contribution in [0.4, 0.5) is 0 Å². The molecule has 3 aromatic rings.